The molecule has 0 bridgehead atoms. The van der Waals surface area contributed by atoms with Gasteiger partial charge < -0.3 is 51.6 Å². The summed E-state index contributed by atoms with van der Waals surface area (Å²) < 4.78 is 11.1. The van der Waals surface area contributed by atoms with Crippen LogP contribution in [0, 0.1) is 23.2 Å². The summed E-state index contributed by atoms with van der Waals surface area (Å²) in [5.41, 5.74) is -0.701. The van der Waals surface area contributed by atoms with Crippen molar-refractivity contribution < 1.29 is 67.0 Å². The van der Waals surface area contributed by atoms with Crippen LogP contribution in [0.2, 0.25) is 0 Å². The van der Waals surface area contributed by atoms with Crippen molar-refractivity contribution in [2.45, 2.75) is 154 Å². The standard InChI is InChI=1S/C58H78N12O14/c1-5-11-38(47(73)54(79)64-34-18-19-34)65-53(78)46-35-15-9-14-33(35)31-69(46)57(82)48(58(2,3)4)68-52(77)45(32-12-7-6-8-13-32)67-50(75)40-29-61-39(28-62-40)49(74)60-23-25-84-27-26-83-24-22-59-43(72)30-63-37-17-10-16-36-44(37)56(81)70(55(36)80)41-20-21-42(71)66-51(41)76/h10,16-17,28-29,32-35,38,41,45-46,48,63H,5-9,11-15,18-27,30-31H2,1-4H3,(H,59,72)(H,60,74)(H,64,79)(H,65,78)(H,67,75)(H,68,77)(H,66,71,76)/t33-,35?,38-,41?,45-,46-,48+/m0/s1. The predicted molar refractivity (Wildman–Crippen MR) is 299 cm³/mol. The Hall–Kier alpha value is -7.74. The Morgan fingerprint density at radius 2 is 1.45 bits per heavy atom. The Kier molecular flexibility index (Phi) is 20.9. The second-order valence-corrected chi connectivity index (χ2v) is 23.6. The number of anilines is 1. The Balaban J connectivity index is 0.760. The van der Waals surface area contributed by atoms with Crippen molar-refractivity contribution in [3.05, 3.63) is 53.1 Å². The van der Waals surface area contributed by atoms with Crippen molar-refractivity contribution in [1.29, 1.82) is 0 Å². The van der Waals surface area contributed by atoms with Gasteiger partial charge in [-0.15, -0.1) is 0 Å². The van der Waals surface area contributed by atoms with Crippen LogP contribution in [-0.4, -0.2) is 179 Å². The molecular weight excluding hydrogens is 1090 g/mol. The molecule has 3 aliphatic carbocycles. The molecule has 1 aromatic heterocycles. The zero-order valence-corrected chi connectivity index (χ0v) is 48.1. The van der Waals surface area contributed by atoms with E-state index in [1.165, 1.54) is 6.07 Å². The lowest BCUT2D eigenvalue weighted by Crippen LogP contribution is -2.62. The molecule has 26 heteroatoms. The number of likely N-dealkylation sites (tertiary alicyclic amines) is 1. The van der Waals surface area contributed by atoms with E-state index in [4.69, 9.17) is 9.47 Å². The van der Waals surface area contributed by atoms with Crippen LogP contribution in [0.15, 0.2) is 30.6 Å². The van der Waals surface area contributed by atoms with Crippen LogP contribution in [0.4, 0.5) is 5.69 Å². The molecule has 0 spiro atoms. The van der Waals surface area contributed by atoms with Crippen molar-refractivity contribution in [2.75, 3.05) is 57.9 Å². The van der Waals surface area contributed by atoms with Crippen LogP contribution in [0.25, 0.3) is 0 Å². The van der Waals surface area contributed by atoms with Gasteiger partial charge >= 0.3 is 0 Å². The van der Waals surface area contributed by atoms with E-state index in [1.54, 1.807) is 17.0 Å². The molecule has 5 fully saturated rings. The lowest BCUT2D eigenvalue weighted by Gasteiger charge is -2.38. The second-order valence-electron chi connectivity index (χ2n) is 23.6. The maximum atomic E-state index is 14.9. The number of benzene rings is 1. The maximum absolute atomic E-state index is 14.9. The first-order chi connectivity index (χ1) is 40.2. The minimum Gasteiger partial charge on any atom is -0.377 e. The second kappa shape index (κ2) is 28.2. The van der Waals surface area contributed by atoms with Gasteiger partial charge in [0.1, 0.15) is 35.6 Å². The molecule has 2 aromatic rings. The largest absolute Gasteiger partial charge is 0.377 e. The molecule has 11 amide bonds. The first-order valence-electron chi connectivity index (χ1n) is 29.4. The van der Waals surface area contributed by atoms with Gasteiger partial charge in [0.05, 0.1) is 62.5 Å². The molecular formula is C58H78N12O14. The van der Waals surface area contributed by atoms with Crippen molar-refractivity contribution in [3.8, 4) is 0 Å². The first kappa shape index (κ1) is 62.3. The molecule has 0 radical (unpaired) electrons. The van der Waals surface area contributed by atoms with E-state index in [2.05, 4.69) is 52.5 Å². The Morgan fingerprint density at radius 1 is 0.762 bits per heavy atom. The average molecular weight is 1170 g/mol. The topological polar surface area (TPSA) is 352 Å². The molecule has 3 aliphatic heterocycles. The SMILES string of the molecule is CCC[C@H](NC(=O)[C@@H]1C2CCC[C@H]2CN1C(=O)[C@@H](NC(=O)[C@@H](NC(=O)c1cnc(C(=O)NCCOCCOCCNC(=O)CNc2cccc3c2C(=O)N(C2CCC(=O)NC2=O)C3=O)cn1)C1CCCCC1)C(C)(C)C)C(=O)C(=O)NC1CC1. The lowest BCUT2D eigenvalue weighted by molar-refractivity contribution is -0.146. The van der Waals surface area contributed by atoms with Crippen LogP contribution >= 0.6 is 0 Å². The highest BCUT2D eigenvalue weighted by Crippen LogP contribution is 2.43. The average Bonchev–Trinajstić information content (AvgIpc) is 2.92. The van der Waals surface area contributed by atoms with Gasteiger partial charge in [0, 0.05) is 37.8 Å². The van der Waals surface area contributed by atoms with Crippen LogP contribution in [0.1, 0.15) is 159 Å². The molecule has 8 rings (SSSR count). The molecule has 26 nitrogen and oxygen atoms in total. The molecule has 2 unspecified atom stereocenters. The molecule has 3 saturated carbocycles. The van der Waals surface area contributed by atoms with Gasteiger partial charge in [-0.25, -0.2) is 9.97 Å². The van der Waals surface area contributed by atoms with Crippen molar-refractivity contribution in [3.63, 3.8) is 0 Å². The fourth-order valence-electron chi connectivity index (χ4n) is 11.8. The van der Waals surface area contributed by atoms with Crippen molar-refractivity contribution in [2.24, 2.45) is 23.2 Å². The molecule has 7 atom stereocenters. The summed E-state index contributed by atoms with van der Waals surface area (Å²) in [6.07, 6.45) is 11.0. The minimum absolute atomic E-state index is 0.0102. The molecule has 8 N–H and O–H groups in total. The number of hydrogen-bond donors (Lipinski definition) is 8. The number of carbonyl (C=O) groups excluding carboxylic acids is 12. The molecule has 1 aromatic carbocycles. The molecule has 6 aliphatic rings. The molecule has 4 heterocycles. The van der Waals surface area contributed by atoms with Gasteiger partial charge in [-0.2, -0.15) is 0 Å². The van der Waals surface area contributed by atoms with Crippen molar-refractivity contribution in [1.82, 2.24) is 57.0 Å². The minimum atomic E-state index is -1.12. The first-order valence-corrected chi connectivity index (χ1v) is 29.4. The van der Waals surface area contributed by atoms with Gasteiger partial charge in [-0.3, -0.25) is 67.8 Å². The number of imide groups is 2. The summed E-state index contributed by atoms with van der Waals surface area (Å²) in [5, 5.41) is 21.8. The van der Waals surface area contributed by atoms with Crippen LogP contribution in [-0.2, 0) is 47.8 Å². The number of Topliss-reactive ketones (excluding diaryl/α,β-unsaturated/α-hetero) is 1. The maximum Gasteiger partial charge on any atom is 0.289 e. The lowest BCUT2D eigenvalue weighted by atomic mass is 9.82. The highest BCUT2D eigenvalue weighted by atomic mass is 16.5. The zero-order chi connectivity index (χ0) is 60.2. The van der Waals surface area contributed by atoms with Gasteiger partial charge in [0.2, 0.25) is 41.2 Å². The van der Waals surface area contributed by atoms with E-state index in [9.17, 15) is 57.5 Å². The quantitative estimate of drug-likeness (QED) is 0.0349. The van der Waals surface area contributed by atoms with Crippen LogP contribution < -0.4 is 42.5 Å². The van der Waals surface area contributed by atoms with E-state index in [1.807, 2.05) is 27.7 Å². The number of nitrogens with zero attached hydrogens (tertiary/aromatic N) is 4. The Labute approximate surface area is 486 Å². The number of rotatable bonds is 27. The third-order valence-corrected chi connectivity index (χ3v) is 16.4. The third-order valence-electron chi connectivity index (χ3n) is 16.4. The monoisotopic (exact) mass is 1170 g/mol. The summed E-state index contributed by atoms with van der Waals surface area (Å²) in [6, 6.07) is -0.738. The van der Waals surface area contributed by atoms with Gasteiger partial charge in [-0.05, 0) is 86.7 Å². The number of piperidine rings is 1. The fraction of sp³-hybridized carbons (Fsp3) is 0.621. The smallest absolute Gasteiger partial charge is 0.289 e. The highest BCUT2D eigenvalue weighted by molar-refractivity contribution is 6.38. The van der Waals surface area contributed by atoms with Gasteiger partial charge in [0.25, 0.3) is 29.5 Å². The number of carbonyl (C=O) groups is 12. The number of fused-ring (bicyclic) bond motifs is 2. The van der Waals surface area contributed by atoms with E-state index >= 15 is 0 Å². The molecule has 2 saturated heterocycles. The summed E-state index contributed by atoms with van der Waals surface area (Å²) in [7, 11) is 0. The number of aromatic nitrogens is 2. The normalized spacial score (nSPS) is 21.5. The Morgan fingerprint density at radius 3 is 2.11 bits per heavy atom. The zero-order valence-electron chi connectivity index (χ0n) is 48.1. The number of hydrogen-bond acceptors (Lipinski definition) is 17. The van der Waals surface area contributed by atoms with Crippen molar-refractivity contribution >= 4 is 76.4 Å². The fourth-order valence-corrected chi connectivity index (χ4v) is 11.8. The number of amides is 11. The summed E-state index contributed by atoms with van der Waals surface area (Å²) in [4.78, 5) is 170. The molecule has 84 heavy (non-hydrogen) atoms. The van der Waals surface area contributed by atoms with E-state index in [-0.39, 0.29) is 117 Å². The predicted octanol–water partition coefficient (Wildman–Crippen LogP) is 0.838. The molecule has 454 valence electrons. The van der Waals surface area contributed by atoms with Gasteiger partial charge in [0.15, 0.2) is 0 Å². The van der Waals surface area contributed by atoms with Crippen LogP contribution in [0.3, 0.4) is 0 Å². The van der Waals surface area contributed by atoms with Crippen LogP contribution in [0.5, 0.6) is 0 Å². The number of ether oxygens (including phenoxy) is 2. The Bertz CT molecular complexity index is 2850. The number of nitrogens with one attached hydrogen (secondary N) is 8. The summed E-state index contributed by atoms with van der Waals surface area (Å²) in [5.74, 6) is -7.59. The number of ketones is 1. The van der Waals surface area contributed by atoms with Gasteiger partial charge in [-0.1, -0.05) is 65.9 Å². The van der Waals surface area contributed by atoms with E-state index in [0.29, 0.717) is 32.2 Å². The van der Waals surface area contributed by atoms with E-state index < -0.39 is 106 Å². The highest BCUT2D eigenvalue weighted by Gasteiger charge is 2.53. The van der Waals surface area contributed by atoms with E-state index in [0.717, 1.165) is 62.2 Å². The third kappa shape index (κ3) is 15.3. The summed E-state index contributed by atoms with van der Waals surface area (Å²) >= 11 is 0. The summed E-state index contributed by atoms with van der Waals surface area (Å²) in [6.45, 7) is 8.27.